The fourth-order valence-corrected chi connectivity index (χ4v) is 1.95. The van der Waals surface area contributed by atoms with Gasteiger partial charge in [0.15, 0.2) is 0 Å². The molecule has 1 atom stereocenters. The number of benzene rings is 1. The number of aliphatic carboxylic acids is 1. The molecular formula is C12H14N2O3. The minimum atomic E-state index is -0.980. The van der Waals surface area contributed by atoms with Gasteiger partial charge in [0.25, 0.3) is 0 Å². The molecule has 1 aromatic rings. The SMILES string of the molecule is O=C(O)CN1CCNC(c2ccccc2)C1=O. The number of nitrogens with one attached hydrogen (secondary N) is 1. The molecule has 2 N–H and O–H groups in total. The molecule has 90 valence electrons. The molecule has 0 aliphatic carbocycles. The van der Waals surface area contributed by atoms with E-state index in [-0.39, 0.29) is 12.5 Å². The van der Waals surface area contributed by atoms with E-state index in [4.69, 9.17) is 5.11 Å². The van der Waals surface area contributed by atoms with E-state index in [0.717, 1.165) is 5.56 Å². The van der Waals surface area contributed by atoms with Crippen LogP contribution >= 0.6 is 0 Å². The third kappa shape index (κ3) is 2.62. The van der Waals surface area contributed by atoms with E-state index in [9.17, 15) is 9.59 Å². The van der Waals surface area contributed by atoms with Crippen molar-refractivity contribution in [2.24, 2.45) is 0 Å². The Morgan fingerprint density at radius 3 is 2.76 bits per heavy atom. The number of carboxylic acids is 1. The quantitative estimate of drug-likeness (QED) is 0.786. The summed E-state index contributed by atoms with van der Waals surface area (Å²) in [5.41, 5.74) is 0.868. The molecule has 0 radical (unpaired) electrons. The lowest BCUT2D eigenvalue weighted by molar-refractivity contribution is -0.146. The van der Waals surface area contributed by atoms with Crippen LogP contribution in [-0.4, -0.2) is 41.5 Å². The molecule has 0 aromatic heterocycles. The summed E-state index contributed by atoms with van der Waals surface area (Å²) in [7, 11) is 0. The summed E-state index contributed by atoms with van der Waals surface area (Å²) in [6.07, 6.45) is 0. The zero-order valence-corrected chi connectivity index (χ0v) is 9.30. The zero-order chi connectivity index (χ0) is 12.3. The molecule has 0 spiro atoms. The van der Waals surface area contributed by atoms with Crippen LogP contribution in [0.1, 0.15) is 11.6 Å². The van der Waals surface area contributed by atoms with E-state index in [1.807, 2.05) is 30.3 Å². The van der Waals surface area contributed by atoms with Crippen LogP contribution in [0.5, 0.6) is 0 Å². The molecule has 1 aliphatic rings. The van der Waals surface area contributed by atoms with E-state index < -0.39 is 12.0 Å². The van der Waals surface area contributed by atoms with Crippen molar-refractivity contribution < 1.29 is 14.7 Å². The smallest absolute Gasteiger partial charge is 0.323 e. The molecule has 1 aliphatic heterocycles. The van der Waals surface area contributed by atoms with Crippen molar-refractivity contribution in [1.29, 1.82) is 0 Å². The van der Waals surface area contributed by atoms with Crippen molar-refractivity contribution in [3.05, 3.63) is 35.9 Å². The highest BCUT2D eigenvalue weighted by Crippen LogP contribution is 2.18. The zero-order valence-electron chi connectivity index (χ0n) is 9.30. The number of carboxylic acid groups (broad SMARTS) is 1. The lowest BCUT2D eigenvalue weighted by atomic mass is 10.0. The number of hydrogen-bond donors (Lipinski definition) is 2. The Hall–Kier alpha value is -1.88. The standard InChI is InChI=1S/C12H14N2O3/c15-10(16)8-14-7-6-13-11(12(14)17)9-4-2-1-3-5-9/h1-5,11,13H,6-8H2,(H,15,16). The summed E-state index contributed by atoms with van der Waals surface area (Å²) in [6.45, 7) is 0.816. The lowest BCUT2D eigenvalue weighted by Gasteiger charge is -2.32. The van der Waals surface area contributed by atoms with Gasteiger partial charge < -0.3 is 15.3 Å². The van der Waals surface area contributed by atoms with E-state index >= 15 is 0 Å². The molecule has 1 saturated heterocycles. The van der Waals surface area contributed by atoms with Gasteiger partial charge in [0.05, 0.1) is 0 Å². The summed E-state index contributed by atoms with van der Waals surface area (Å²) in [5, 5.41) is 11.8. The predicted molar refractivity (Wildman–Crippen MR) is 61.4 cm³/mol. The number of carbonyl (C=O) groups excluding carboxylic acids is 1. The molecule has 5 heteroatoms. The molecule has 17 heavy (non-hydrogen) atoms. The molecule has 0 bridgehead atoms. The third-order valence-corrected chi connectivity index (χ3v) is 2.75. The Labute approximate surface area is 99.0 Å². The molecule has 0 saturated carbocycles. The maximum Gasteiger partial charge on any atom is 0.323 e. The van der Waals surface area contributed by atoms with Gasteiger partial charge in [-0.25, -0.2) is 0 Å². The maximum absolute atomic E-state index is 12.1. The highest BCUT2D eigenvalue weighted by atomic mass is 16.4. The van der Waals surface area contributed by atoms with Crippen LogP contribution in [-0.2, 0) is 9.59 Å². The van der Waals surface area contributed by atoms with Gasteiger partial charge in [0.1, 0.15) is 12.6 Å². The van der Waals surface area contributed by atoms with Gasteiger partial charge in [0.2, 0.25) is 5.91 Å². The largest absolute Gasteiger partial charge is 0.480 e. The van der Waals surface area contributed by atoms with Crippen molar-refractivity contribution in [2.45, 2.75) is 6.04 Å². The summed E-state index contributed by atoms with van der Waals surface area (Å²) in [4.78, 5) is 24.1. The number of carbonyl (C=O) groups is 2. The van der Waals surface area contributed by atoms with Crippen LogP contribution in [0.15, 0.2) is 30.3 Å². The van der Waals surface area contributed by atoms with E-state index in [1.165, 1.54) is 4.90 Å². The first-order valence-electron chi connectivity index (χ1n) is 5.47. The van der Waals surface area contributed by atoms with E-state index in [1.54, 1.807) is 0 Å². The van der Waals surface area contributed by atoms with Crippen LogP contribution in [0, 0.1) is 0 Å². The van der Waals surface area contributed by atoms with Crippen LogP contribution in [0.3, 0.4) is 0 Å². The van der Waals surface area contributed by atoms with Crippen molar-refractivity contribution in [1.82, 2.24) is 10.2 Å². The minimum Gasteiger partial charge on any atom is -0.480 e. The summed E-state index contributed by atoms with van der Waals surface area (Å²) in [5.74, 6) is -1.16. The van der Waals surface area contributed by atoms with Gasteiger partial charge in [-0.2, -0.15) is 0 Å². The monoisotopic (exact) mass is 234 g/mol. The predicted octanol–water partition coefficient (Wildman–Crippen LogP) is 0.244. The van der Waals surface area contributed by atoms with Crippen LogP contribution in [0.25, 0.3) is 0 Å². The van der Waals surface area contributed by atoms with Gasteiger partial charge in [-0.3, -0.25) is 9.59 Å². The van der Waals surface area contributed by atoms with Gasteiger partial charge in [-0.15, -0.1) is 0 Å². The fourth-order valence-electron chi connectivity index (χ4n) is 1.95. The number of piperazine rings is 1. The van der Waals surface area contributed by atoms with Gasteiger partial charge >= 0.3 is 5.97 Å². The first kappa shape index (κ1) is 11.6. The van der Waals surface area contributed by atoms with Crippen LogP contribution in [0.4, 0.5) is 0 Å². The Morgan fingerprint density at radius 1 is 1.41 bits per heavy atom. The first-order valence-corrected chi connectivity index (χ1v) is 5.47. The van der Waals surface area contributed by atoms with Crippen molar-refractivity contribution in [3.63, 3.8) is 0 Å². The van der Waals surface area contributed by atoms with E-state index in [0.29, 0.717) is 13.1 Å². The maximum atomic E-state index is 12.1. The third-order valence-electron chi connectivity index (χ3n) is 2.75. The average molecular weight is 234 g/mol. The topological polar surface area (TPSA) is 69.6 Å². The lowest BCUT2D eigenvalue weighted by Crippen LogP contribution is -2.51. The van der Waals surface area contributed by atoms with Crippen molar-refractivity contribution >= 4 is 11.9 Å². The fraction of sp³-hybridized carbons (Fsp3) is 0.333. The van der Waals surface area contributed by atoms with E-state index in [2.05, 4.69) is 5.32 Å². The highest BCUT2D eigenvalue weighted by Gasteiger charge is 2.30. The van der Waals surface area contributed by atoms with Gasteiger partial charge in [-0.1, -0.05) is 30.3 Å². The molecule has 1 heterocycles. The second-order valence-corrected chi connectivity index (χ2v) is 3.95. The second-order valence-electron chi connectivity index (χ2n) is 3.95. The number of rotatable bonds is 3. The molecule has 2 rings (SSSR count). The minimum absolute atomic E-state index is 0.176. The van der Waals surface area contributed by atoms with Crippen molar-refractivity contribution in [2.75, 3.05) is 19.6 Å². The molecule has 1 amide bonds. The normalized spacial score (nSPS) is 20.4. The molecular weight excluding hydrogens is 220 g/mol. The summed E-state index contributed by atoms with van der Waals surface area (Å²) in [6, 6.07) is 8.90. The van der Waals surface area contributed by atoms with Crippen molar-refractivity contribution in [3.8, 4) is 0 Å². The molecule has 1 aromatic carbocycles. The van der Waals surface area contributed by atoms with Gasteiger partial charge in [0, 0.05) is 13.1 Å². The first-order chi connectivity index (χ1) is 8.18. The van der Waals surface area contributed by atoms with Crippen LogP contribution in [0.2, 0.25) is 0 Å². The second kappa shape index (κ2) is 4.97. The average Bonchev–Trinajstić information content (AvgIpc) is 2.32. The Balaban J connectivity index is 2.14. The number of hydrogen-bond acceptors (Lipinski definition) is 3. The van der Waals surface area contributed by atoms with Crippen LogP contribution < -0.4 is 5.32 Å². The summed E-state index contributed by atoms with van der Waals surface area (Å²) < 4.78 is 0. The van der Waals surface area contributed by atoms with Gasteiger partial charge in [-0.05, 0) is 5.56 Å². The Bertz CT molecular complexity index is 419. The number of amides is 1. The Morgan fingerprint density at radius 2 is 2.12 bits per heavy atom. The Kier molecular flexibility index (Phi) is 3.39. The highest BCUT2D eigenvalue weighted by molar-refractivity contribution is 5.87. The number of nitrogens with zero attached hydrogens (tertiary/aromatic N) is 1. The summed E-state index contributed by atoms with van der Waals surface area (Å²) >= 11 is 0. The molecule has 1 fully saturated rings. The molecule has 5 nitrogen and oxygen atoms in total. The molecule has 1 unspecified atom stereocenters.